The second-order valence-electron chi connectivity index (χ2n) is 5.00. The number of rotatable bonds is 3. The molecule has 0 radical (unpaired) electrons. The summed E-state index contributed by atoms with van der Waals surface area (Å²) in [6.45, 7) is 13.3. The van der Waals surface area contributed by atoms with Gasteiger partial charge in [-0.1, -0.05) is 64.8 Å². The standard InChI is InChI=1S/C13H24/c1-7-11(2)10-12(3)8-9-13(4,5)6/h8-11H,7H2,1-6H3/b9-8+,12-10+/t11-/m0/s1. The van der Waals surface area contributed by atoms with Gasteiger partial charge in [-0.05, 0) is 18.3 Å². The van der Waals surface area contributed by atoms with Crippen molar-refractivity contribution in [2.24, 2.45) is 11.3 Å². The van der Waals surface area contributed by atoms with Crippen LogP contribution in [0.2, 0.25) is 0 Å². The van der Waals surface area contributed by atoms with Gasteiger partial charge in [-0.15, -0.1) is 0 Å². The van der Waals surface area contributed by atoms with Crippen LogP contribution in [0.4, 0.5) is 0 Å². The monoisotopic (exact) mass is 180 g/mol. The Kier molecular flexibility index (Phi) is 5.05. The molecule has 0 nitrogen and oxygen atoms in total. The van der Waals surface area contributed by atoms with Gasteiger partial charge in [0, 0.05) is 0 Å². The van der Waals surface area contributed by atoms with Gasteiger partial charge in [-0.3, -0.25) is 0 Å². The number of hydrogen-bond acceptors (Lipinski definition) is 0. The predicted molar refractivity (Wildman–Crippen MR) is 61.8 cm³/mol. The van der Waals surface area contributed by atoms with E-state index in [4.69, 9.17) is 0 Å². The molecule has 0 aliphatic heterocycles. The molecule has 76 valence electrons. The van der Waals surface area contributed by atoms with Crippen LogP contribution in [0.25, 0.3) is 0 Å². The average Bonchev–Trinajstić information content (AvgIpc) is 1.99. The quantitative estimate of drug-likeness (QED) is 0.558. The Morgan fingerprint density at radius 2 is 1.85 bits per heavy atom. The van der Waals surface area contributed by atoms with Crippen LogP contribution in [-0.2, 0) is 0 Å². The molecule has 0 aromatic rings. The van der Waals surface area contributed by atoms with Gasteiger partial charge in [0.15, 0.2) is 0 Å². The third kappa shape index (κ3) is 7.83. The number of hydrogen-bond donors (Lipinski definition) is 0. The van der Waals surface area contributed by atoms with Gasteiger partial charge in [0.2, 0.25) is 0 Å². The van der Waals surface area contributed by atoms with Gasteiger partial charge in [0.1, 0.15) is 0 Å². The van der Waals surface area contributed by atoms with E-state index in [1.165, 1.54) is 12.0 Å². The maximum Gasteiger partial charge on any atom is -0.0200 e. The lowest BCUT2D eigenvalue weighted by molar-refractivity contribution is 0.543. The lowest BCUT2D eigenvalue weighted by Gasteiger charge is -2.11. The summed E-state index contributed by atoms with van der Waals surface area (Å²) in [5.74, 6) is 0.699. The first-order chi connectivity index (χ1) is 5.85. The highest BCUT2D eigenvalue weighted by Crippen LogP contribution is 2.16. The van der Waals surface area contributed by atoms with Crippen molar-refractivity contribution in [1.29, 1.82) is 0 Å². The first-order valence-electron chi connectivity index (χ1n) is 5.23. The highest BCUT2D eigenvalue weighted by Gasteiger charge is 2.03. The molecule has 0 spiro atoms. The van der Waals surface area contributed by atoms with Crippen molar-refractivity contribution >= 4 is 0 Å². The van der Waals surface area contributed by atoms with Crippen LogP contribution >= 0.6 is 0 Å². The van der Waals surface area contributed by atoms with E-state index in [0.717, 1.165) is 0 Å². The Bertz CT molecular complexity index is 189. The fourth-order valence-corrected chi connectivity index (χ4v) is 1.00. The fourth-order valence-electron chi connectivity index (χ4n) is 1.00. The molecule has 1 atom stereocenters. The van der Waals surface area contributed by atoms with E-state index in [1.54, 1.807) is 0 Å². The Labute approximate surface area is 83.7 Å². The second-order valence-corrected chi connectivity index (χ2v) is 5.00. The van der Waals surface area contributed by atoms with E-state index in [2.05, 4.69) is 59.8 Å². The predicted octanol–water partition coefficient (Wildman–Crippen LogP) is 4.58. The average molecular weight is 180 g/mol. The van der Waals surface area contributed by atoms with Gasteiger partial charge >= 0.3 is 0 Å². The Morgan fingerprint density at radius 3 is 2.23 bits per heavy atom. The molecule has 0 aromatic heterocycles. The van der Waals surface area contributed by atoms with Gasteiger partial charge in [-0.2, -0.15) is 0 Å². The summed E-state index contributed by atoms with van der Waals surface area (Å²) in [6, 6.07) is 0. The van der Waals surface area contributed by atoms with Crippen LogP contribution < -0.4 is 0 Å². The maximum atomic E-state index is 2.34. The Morgan fingerprint density at radius 1 is 1.31 bits per heavy atom. The molecular weight excluding hydrogens is 156 g/mol. The molecule has 0 heteroatoms. The molecule has 0 saturated carbocycles. The summed E-state index contributed by atoms with van der Waals surface area (Å²) in [6.07, 6.45) is 8.05. The van der Waals surface area contributed by atoms with Crippen LogP contribution in [0, 0.1) is 11.3 Å². The summed E-state index contributed by atoms with van der Waals surface area (Å²) in [5, 5.41) is 0. The molecule has 0 heterocycles. The second kappa shape index (κ2) is 5.26. The molecule has 0 fully saturated rings. The van der Waals surface area contributed by atoms with Gasteiger partial charge in [0.25, 0.3) is 0 Å². The van der Waals surface area contributed by atoms with E-state index in [0.29, 0.717) is 11.3 Å². The zero-order valence-electron chi connectivity index (χ0n) is 10.0. The summed E-state index contributed by atoms with van der Waals surface area (Å²) >= 11 is 0. The van der Waals surface area contributed by atoms with Crippen molar-refractivity contribution in [3.05, 3.63) is 23.8 Å². The molecule has 0 saturated heterocycles. The minimum Gasteiger partial charge on any atom is -0.0789 e. The third-order valence-corrected chi connectivity index (χ3v) is 2.04. The summed E-state index contributed by atoms with van der Waals surface area (Å²) in [7, 11) is 0. The van der Waals surface area contributed by atoms with Crippen LogP contribution in [-0.4, -0.2) is 0 Å². The van der Waals surface area contributed by atoms with Crippen molar-refractivity contribution in [3.8, 4) is 0 Å². The summed E-state index contributed by atoms with van der Waals surface area (Å²) < 4.78 is 0. The minimum absolute atomic E-state index is 0.296. The zero-order valence-corrected chi connectivity index (χ0v) is 10.0. The highest BCUT2D eigenvalue weighted by molar-refractivity contribution is 5.18. The number of allylic oxidation sites excluding steroid dienone is 4. The molecular formula is C13H24. The molecule has 0 aromatic carbocycles. The first-order valence-corrected chi connectivity index (χ1v) is 5.23. The first kappa shape index (κ1) is 12.5. The summed E-state index contributed by atoms with van der Waals surface area (Å²) in [4.78, 5) is 0. The highest BCUT2D eigenvalue weighted by atomic mass is 14.1. The molecule has 0 aliphatic carbocycles. The SMILES string of the molecule is CC[C@H](C)/C=C(C)/C=C/C(C)(C)C. The smallest absolute Gasteiger partial charge is 0.0200 e. The molecule has 0 bridgehead atoms. The topological polar surface area (TPSA) is 0 Å². The third-order valence-electron chi connectivity index (χ3n) is 2.04. The normalized spacial score (nSPS) is 16.6. The van der Waals surface area contributed by atoms with Crippen molar-refractivity contribution in [2.75, 3.05) is 0 Å². The Balaban J connectivity index is 4.21. The minimum atomic E-state index is 0.296. The van der Waals surface area contributed by atoms with Gasteiger partial charge in [-0.25, -0.2) is 0 Å². The van der Waals surface area contributed by atoms with Crippen LogP contribution in [0.15, 0.2) is 23.8 Å². The maximum absolute atomic E-state index is 2.34. The van der Waals surface area contributed by atoms with Crippen LogP contribution in [0.5, 0.6) is 0 Å². The zero-order chi connectivity index (χ0) is 10.5. The van der Waals surface area contributed by atoms with Crippen LogP contribution in [0.3, 0.4) is 0 Å². The van der Waals surface area contributed by atoms with Crippen molar-refractivity contribution in [2.45, 2.75) is 48.0 Å². The summed E-state index contributed by atoms with van der Waals surface area (Å²) in [5.41, 5.74) is 1.68. The molecule has 0 N–H and O–H groups in total. The molecule has 13 heavy (non-hydrogen) atoms. The van der Waals surface area contributed by atoms with Crippen LogP contribution in [0.1, 0.15) is 48.0 Å². The van der Waals surface area contributed by atoms with E-state index >= 15 is 0 Å². The van der Waals surface area contributed by atoms with E-state index in [1.807, 2.05) is 0 Å². The lowest BCUT2D eigenvalue weighted by atomic mass is 9.95. The van der Waals surface area contributed by atoms with Crippen molar-refractivity contribution in [3.63, 3.8) is 0 Å². The van der Waals surface area contributed by atoms with Crippen molar-refractivity contribution in [1.82, 2.24) is 0 Å². The van der Waals surface area contributed by atoms with Gasteiger partial charge in [0.05, 0.1) is 0 Å². The molecule has 0 aliphatic rings. The van der Waals surface area contributed by atoms with E-state index in [9.17, 15) is 0 Å². The van der Waals surface area contributed by atoms with E-state index in [-0.39, 0.29) is 0 Å². The fraction of sp³-hybridized carbons (Fsp3) is 0.692. The molecule has 0 amide bonds. The lowest BCUT2D eigenvalue weighted by Crippen LogP contribution is -1.98. The van der Waals surface area contributed by atoms with E-state index < -0.39 is 0 Å². The molecule has 0 rings (SSSR count). The van der Waals surface area contributed by atoms with Gasteiger partial charge < -0.3 is 0 Å². The Hall–Kier alpha value is -0.520. The van der Waals surface area contributed by atoms with Crippen molar-refractivity contribution < 1.29 is 0 Å². The largest absolute Gasteiger partial charge is 0.0789 e. The molecule has 0 unspecified atom stereocenters.